The maximum Gasteiger partial charge on any atom is 0.122 e. The average Bonchev–Trinajstić information content (AvgIpc) is 2.47. The van der Waals surface area contributed by atoms with E-state index in [1.807, 2.05) is 0 Å². The van der Waals surface area contributed by atoms with Gasteiger partial charge < -0.3 is 0 Å². The summed E-state index contributed by atoms with van der Waals surface area (Å²) in [6.45, 7) is 2.38. The Labute approximate surface area is 77.4 Å². The van der Waals surface area contributed by atoms with E-state index in [9.17, 15) is 0 Å². The highest BCUT2D eigenvalue weighted by molar-refractivity contribution is 6.43. The lowest BCUT2D eigenvalue weighted by atomic mass is 9.47. The van der Waals surface area contributed by atoms with Crippen molar-refractivity contribution in [2.24, 2.45) is 0 Å². The van der Waals surface area contributed by atoms with Gasteiger partial charge in [0.15, 0.2) is 0 Å². The Morgan fingerprint density at radius 3 is 2.92 bits per heavy atom. The summed E-state index contributed by atoms with van der Waals surface area (Å²) in [7, 11) is 2.71. The van der Waals surface area contributed by atoms with E-state index in [1.165, 1.54) is 51.4 Å². The maximum atomic E-state index is 2.71. The van der Waals surface area contributed by atoms with E-state index < -0.39 is 0 Å². The minimum absolute atomic E-state index is 0.686. The lowest BCUT2D eigenvalue weighted by Gasteiger charge is -2.29. The van der Waals surface area contributed by atoms with Crippen LogP contribution in [0.4, 0.5) is 0 Å². The largest absolute Gasteiger partial charge is 0.122 e. The van der Waals surface area contributed by atoms with Gasteiger partial charge in [-0.2, -0.15) is 0 Å². The van der Waals surface area contributed by atoms with Crippen molar-refractivity contribution in [3.05, 3.63) is 0 Å². The van der Waals surface area contributed by atoms with E-state index in [0.29, 0.717) is 5.31 Å². The Morgan fingerprint density at radius 2 is 2.08 bits per heavy atom. The van der Waals surface area contributed by atoms with Gasteiger partial charge in [-0.1, -0.05) is 69.4 Å². The Balaban J connectivity index is 2.03. The third kappa shape index (κ3) is 1.55. The summed E-state index contributed by atoms with van der Waals surface area (Å²) >= 11 is 0. The third-order valence-corrected chi connectivity index (χ3v) is 4.06. The van der Waals surface area contributed by atoms with Crippen molar-refractivity contribution in [1.29, 1.82) is 0 Å². The van der Waals surface area contributed by atoms with E-state index in [1.54, 1.807) is 0 Å². The first-order valence-electron chi connectivity index (χ1n) is 5.71. The summed E-state index contributed by atoms with van der Waals surface area (Å²) in [6.07, 6.45) is 11.8. The van der Waals surface area contributed by atoms with E-state index in [0.717, 1.165) is 5.82 Å². The number of hydrogen-bond donors (Lipinski definition) is 0. The molecule has 0 aliphatic carbocycles. The summed E-state index contributed by atoms with van der Waals surface area (Å²) in [6, 6.07) is 0. The second kappa shape index (κ2) is 3.43. The summed E-state index contributed by atoms with van der Waals surface area (Å²) in [5.41, 5.74) is 0. The van der Waals surface area contributed by atoms with Crippen molar-refractivity contribution in [3.63, 3.8) is 0 Å². The highest BCUT2D eigenvalue weighted by Gasteiger charge is 2.38. The Morgan fingerprint density at radius 1 is 1.17 bits per heavy atom. The molecular weight excluding hydrogens is 143 g/mol. The van der Waals surface area contributed by atoms with Crippen molar-refractivity contribution in [1.82, 2.24) is 0 Å². The fourth-order valence-electron chi connectivity index (χ4n) is 3.11. The topological polar surface area (TPSA) is 0 Å². The molecule has 0 aromatic rings. The molecule has 2 aliphatic heterocycles. The van der Waals surface area contributed by atoms with Gasteiger partial charge in [-0.3, -0.25) is 0 Å². The van der Waals surface area contributed by atoms with Crippen LogP contribution in [0.2, 0.25) is 11.1 Å². The normalized spacial score (nSPS) is 41.6. The second-order valence-electron chi connectivity index (χ2n) is 4.78. The predicted molar refractivity (Wildman–Crippen MR) is 54.8 cm³/mol. The molecule has 2 fully saturated rings. The van der Waals surface area contributed by atoms with Crippen molar-refractivity contribution in [2.45, 2.75) is 69.4 Å². The molecular formula is C11H20B. The van der Waals surface area contributed by atoms with Gasteiger partial charge in [0, 0.05) is 0 Å². The lowest BCUT2D eigenvalue weighted by molar-refractivity contribution is 0.456. The van der Waals surface area contributed by atoms with Crippen LogP contribution in [0.3, 0.4) is 0 Å². The standard InChI is InChI=1S/C11H20B/c1-2-11-8-5-3-4-6-10(12-11)7-9-11/h10H,2-9H2,1H3. The minimum Gasteiger partial charge on any atom is -0.0682 e. The van der Waals surface area contributed by atoms with Crippen LogP contribution in [-0.4, -0.2) is 7.28 Å². The van der Waals surface area contributed by atoms with Crippen LogP contribution < -0.4 is 0 Å². The van der Waals surface area contributed by atoms with Crippen LogP contribution in [0.1, 0.15) is 58.3 Å². The molecule has 0 nitrogen and oxygen atoms in total. The fourth-order valence-corrected chi connectivity index (χ4v) is 3.11. The molecule has 1 heteroatoms. The second-order valence-corrected chi connectivity index (χ2v) is 4.78. The van der Waals surface area contributed by atoms with Crippen LogP contribution >= 0.6 is 0 Å². The monoisotopic (exact) mass is 163 g/mol. The van der Waals surface area contributed by atoms with E-state index in [-0.39, 0.29) is 0 Å². The quantitative estimate of drug-likeness (QED) is 0.515. The molecule has 0 aromatic heterocycles. The van der Waals surface area contributed by atoms with Crippen LogP contribution in [0.15, 0.2) is 0 Å². The molecule has 2 saturated heterocycles. The summed E-state index contributed by atoms with van der Waals surface area (Å²) in [5.74, 6) is 0.991. The fraction of sp³-hybridized carbons (Fsp3) is 1.00. The predicted octanol–water partition coefficient (Wildman–Crippen LogP) is 3.81. The summed E-state index contributed by atoms with van der Waals surface area (Å²) in [4.78, 5) is 0. The van der Waals surface area contributed by atoms with E-state index in [4.69, 9.17) is 0 Å². The van der Waals surface area contributed by atoms with Gasteiger partial charge in [0.1, 0.15) is 7.28 Å². The van der Waals surface area contributed by atoms with Crippen LogP contribution in [0.25, 0.3) is 0 Å². The first kappa shape index (κ1) is 8.65. The van der Waals surface area contributed by atoms with Crippen LogP contribution in [0.5, 0.6) is 0 Å². The van der Waals surface area contributed by atoms with Gasteiger partial charge in [0.2, 0.25) is 0 Å². The Kier molecular flexibility index (Phi) is 2.48. The lowest BCUT2D eigenvalue weighted by Crippen LogP contribution is -2.17. The molecule has 0 spiro atoms. The van der Waals surface area contributed by atoms with Crippen molar-refractivity contribution in [3.8, 4) is 0 Å². The van der Waals surface area contributed by atoms with Gasteiger partial charge >= 0.3 is 0 Å². The van der Waals surface area contributed by atoms with Gasteiger partial charge in [-0.25, -0.2) is 0 Å². The molecule has 2 bridgehead atoms. The molecule has 2 heterocycles. The van der Waals surface area contributed by atoms with Gasteiger partial charge in [0.25, 0.3) is 0 Å². The van der Waals surface area contributed by atoms with E-state index >= 15 is 0 Å². The van der Waals surface area contributed by atoms with E-state index in [2.05, 4.69) is 14.2 Å². The first-order chi connectivity index (χ1) is 5.85. The van der Waals surface area contributed by atoms with Crippen LogP contribution in [0, 0.1) is 0 Å². The first-order valence-corrected chi connectivity index (χ1v) is 5.71. The number of rotatable bonds is 1. The summed E-state index contributed by atoms with van der Waals surface area (Å²) in [5, 5.41) is 0.686. The highest BCUT2D eigenvalue weighted by Crippen LogP contribution is 2.53. The molecule has 1 radical (unpaired) electrons. The van der Waals surface area contributed by atoms with Crippen molar-refractivity contribution in [2.75, 3.05) is 0 Å². The molecule has 2 aliphatic rings. The number of hydrogen-bond acceptors (Lipinski definition) is 0. The number of fused-ring (bicyclic) bond motifs is 2. The van der Waals surface area contributed by atoms with Gasteiger partial charge in [-0.05, 0) is 0 Å². The Hall–Kier alpha value is 0.0649. The molecule has 2 unspecified atom stereocenters. The zero-order valence-corrected chi connectivity index (χ0v) is 8.31. The smallest absolute Gasteiger partial charge is 0.0682 e. The van der Waals surface area contributed by atoms with Gasteiger partial charge in [-0.15, -0.1) is 0 Å². The zero-order valence-electron chi connectivity index (χ0n) is 8.31. The molecule has 0 aromatic carbocycles. The molecule has 2 atom stereocenters. The highest BCUT2D eigenvalue weighted by atomic mass is 14.3. The third-order valence-electron chi connectivity index (χ3n) is 4.06. The molecule has 0 saturated carbocycles. The molecule has 12 heavy (non-hydrogen) atoms. The zero-order chi connectivity index (χ0) is 8.44. The van der Waals surface area contributed by atoms with Crippen LogP contribution in [-0.2, 0) is 0 Å². The minimum atomic E-state index is 0.686. The van der Waals surface area contributed by atoms with Crippen molar-refractivity contribution < 1.29 is 0 Å². The molecule has 0 amide bonds. The summed E-state index contributed by atoms with van der Waals surface area (Å²) < 4.78 is 0. The molecule has 67 valence electrons. The SMILES string of the molecule is CCC12[B]C(CCCCC1)CC2. The Bertz CT molecular complexity index is 155. The molecule has 0 N–H and O–H groups in total. The average molecular weight is 163 g/mol. The molecule has 2 rings (SSSR count). The maximum absolute atomic E-state index is 2.71. The van der Waals surface area contributed by atoms with Crippen molar-refractivity contribution >= 4 is 7.28 Å². The van der Waals surface area contributed by atoms with Gasteiger partial charge in [0.05, 0.1) is 0 Å².